The van der Waals surface area contributed by atoms with Gasteiger partial charge in [-0.1, -0.05) is 29.8 Å². The molecule has 1 aliphatic heterocycles. The summed E-state index contributed by atoms with van der Waals surface area (Å²) in [7, 11) is 3.41. The van der Waals surface area contributed by atoms with Gasteiger partial charge in [0.05, 0.1) is 13.9 Å². The topological polar surface area (TPSA) is 41.9 Å². The molecule has 0 unspecified atom stereocenters. The van der Waals surface area contributed by atoms with Gasteiger partial charge in [0, 0.05) is 14.1 Å². The number of aliphatic imine (C=N–C) groups is 1. The summed E-state index contributed by atoms with van der Waals surface area (Å²) in [4.78, 5) is 18.6. The van der Waals surface area contributed by atoms with Crippen LogP contribution in [0.25, 0.3) is 6.08 Å². The van der Waals surface area contributed by atoms with Crippen LogP contribution in [0.3, 0.4) is 0 Å². The molecule has 1 amide bonds. The molecule has 1 fully saturated rings. The highest BCUT2D eigenvalue weighted by Crippen LogP contribution is 2.37. The van der Waals surface area contributed by atoms with Crippen molar-refractivity contribution >= 4 is 60.8 Å². The van der Waals surface area contributed by atoms with Gasteiger partial charge < -0.3 is 4.74 Å². The van der Waals surface area contributed by atoms with Crippen LogP contribution in [0, 0.1) is 6.92 Å². The Hall–Kier alpha value is -1.57. The van der Waals surface area contributed by atoms with Crippen molar-refractivity contribution in [1.29, 1.82) is 0 Å². The van der Waals surface area contributed by atoms with Crippen molar-refractivity contribution in [2.24, 2.45) is 4.99 Å². The highest BCUT2D eigenvalue weighted by Gasteiger charge is 2.29. The lowest BCUT2D eigenvalue weighted by molar-refractivity contribution is -0.121. The molecule has 0 bridgehead atoms. The minimum Gasteiger partial charge on any atom is -0.487 e. The predicted octanol–water partition coefficient (Wildman–Crippen LogP) is 5.63. The molecule has 2 aromatic rings. The Balaban J connectivity index is 1.80. The van der Waals surface area contributed by atoms with Crippen LogP contribution in [0.5, 0.6) is 5.75 Å². The number of amides is 1. The largest absolute Gasteiger partial charge is 0.487 e. The van der Waals surface area contributed by atoms with Crippen molar-refractivity contribution in [2.45, 2.75) is 13.5 Å². The second kappa shape index (κ2) is 8.63. The van der Waals surface area contributed by atoms with Gasteiger partial charge in [-0.3, -0.25) is 14.7 Å². The van der Waals surface area contributed by atoms with Gasteiger partial charge in [0.25, 0.3) is 5.91 Å². The highest BCUT2D eigenvalue weighted by molar-refractivity contribution is 9.11. The maximum Gasteiger partial charge on any atom is 0.266 e. The summed E-state index contributed by atoms with van der Waals surface area (Å²) in [6.07, 6.45) is 1.86. The van der Waals surface area contributed by atoms with Crippen molar-refractivity contribution in [1.82, 2.24) is 4.90 Å². The molecule has 140 valence electrons. The summed E-state index contributed by atoms with van der Waals surface area (Å²) in [5, 5.41) is 0.697. The molecule has 1 saturated heterocycles. The maximum atomic E-state index is 12.3. The number of aryl methyl sites for hydroxylation is 1. The van der Waals surface area contributed by atoms with Gasteiger partial charge in [0.2, 0.25) is 0 Å². The Morgan fingerprint density at radius 2 is 1.81 bits per heavy atom. The van der Waals surface area contributed by atoms with E-state index in [2.05, 4.69) is 68.0 Å². The SMILES string of the molecule is CN=C1S/C(=C/c2cc(Br)c(OCc3ccc(C)cc3)c(Br)c2)C(=O)N1C. The molecule has 0 aromatic heterocycles. The van der Waals surface area contributed by atoms with Gasteiger partial charge in [0.1, 0.15) is 12.4 Å². The van der Waals surface area contributed by atoms with E-state index in [1.165, 1.54) is 17.3 Å². The number of ether oxygens (including phenoxy) is 1. The number of thioether (sulfide) groups is 1. The summed E-state index contributed by atoms with van der Waals surface area (Å²) in [6.45, 7) is 2.54. The fraction of sp³-hybridized carbons (Fsp3) is 0.200. The zero-order valence-electron chi connectivity index (χ0n) is 15.1. The number of rotatable bonds is 4. The van der Waals surface area contributed by atoms with Gasteiger partial charge in [-0.25, -0.2) is 0 Å². The smallest absolute Gasteiger partial charge is 0.266 e. The van der Waals surface area contributed by atoms with Gasteiger partial charge in [-0.05, 0) is 79.9 Å². The van der Waals surface area contributed by atoms with Crippen molar-refractivity contribution < 1.29 is 9.53 Å². The standard InChI is InChI=1S/C20H18Br2N2O2S/c1-12-4-6-13(7-5-12)11-26-18-15(21)8-14(9-16(18)22)10-17-19(25)24(3)20(23-2)27-17/h4-10H,11H2,1-3H3/b17-10+,23-20?. The lowest BCUT2D eigenvalue weighted by Gasteiger charge is -2.12. The molecule has 0 N–H and O–H groups in total. The van der Waals surface area contributed by atoms with Crippen molar-refractivity contribution in [3.05, 3.63) is 66.9 Å². The number of hydrogen-bond acceptors (Lipinski definition) is 4. The molecule has 3 rings (SSSR count). The van der Waals surface area contributed by atoms with Crippen LogP contribution >= 0.6 is 43.6 Å². The Bertz CT molecular complexity index is 916. The summed E-state index contributed by atoms with van der Waals surface area (Å²) in [5.41, 5.74) is 3.23. The second-order valence-corrected chi connectivity index (χ2v) is 8.79. The van der Waals surface area contributed by atoms with E-state index in [1.54, 1.807) is 19.0 Å². The molecule has 2 aromatic carbocycles. The average Bonchev–Trinajstić information content (AvgIpc) is 2.90. The minimum atomic E-state index is -0.0486. The van der Waals surface area contributed by atoms with Crippen LogP contribution in [-0.2, 0) is 11.4 Å². The molecule has 0 spiro atoms. The number of nitrogens with zero attached hydrogens (tertiary/aromatic N) is 2. The predicted molar refractivity (Wildman–Crippen MR) is 119 cm³/mol. The number of hydrogen-bond donors (Lipinski definition) is 0. The summed E-state index contributed by atoms with van der Waals surface area (Å²) in [6, 6.07) is 12.1. The number of benzene rings is 2. The lowest BCUT2D eigenvalue weighted by Crippen LogP contribution is -2.23. The first-order valence-electron chi connectivity index (χ1n) is 8.21. The fourth-order valence-corrected chi connectivity index (χ4v) is 4.92. The summed E-state index contributed by atoms with van der Waals surface area (Å²) >= 11 is 8.52. The van der Waals surface area contributed by atoms with Crippen molar-refractivity contribution in [3.63, 3.8) is 0 Å². The van der Waals surface area contributed by atoms with Gasteiger partial charge in [0.15, 0.2) is 5.17 Å². The zero-order valence-corrected chi connectivity index (χ0v) is 19.1. The Labute approximate surface area is 180 Å². The van der Waals surface area contributed by atoms with Crippen LogP contribution in [0.4, 0.5) is 0 Å². The Kier molecular flexibility index (Phi) is 6.44. The van der Waals surface area contributed by atoms with Crippen LogP contribution in [0.2, 0.25) is 0 Å². The number of likely N-dealkylation sites (N-methyl/N-ethyl adjacent to an activating group) is 1. The molecular weight excluding hydrogens is 492 g/mol. The molecule has 0 aliphatic carbocycles. The highest BCUT2D eigenvalue weighted by atomic mass is 79.9. The number of halogens is 2. The zero-order chi connectivity index (χ0) is 19.6. The fourth-order valence-electron chi connectivity index (χ4n) is 2.54. The van der Waals surface area contributed by atoms with E-state index >= 15 is 0 Å². The van der Waals surface area contributed by atoms with Crippen LogP contribution in [0.1, 0.15) is 16.7 Å². The van der Waals surface area contributed by atoms with Crippen LogP contribution in [0.15, 0.2) is 55.2 Å². The van der Waals surface area contributed by atoms with Gasteiger partial charge in [-0.2, -0.15) is 0 Å². The van der Waals surface area contributed by atoms with E-state index in [9.17, 15) is 4.79 Å². The molecule has 0 saturated carbocycles. The number of carbonyl (C=O) groups excluding carboxylic acids is 1. The molecular formula is C20H18Br2N2O2S. The third kappa shape index (κ3) is 4.65. The quantitative estimate of drug-likeness (QED) is 0.501. The first-order valence-corrected chi connectivity index (χ1v) is 10.6. The van der Waals surface area contributed by atoms with E-state index in [4.69, 9.17) is 4.74 Å². The molecule has 0 radical (unpaired) electrons. The van der Waals surface area contributed by atoms with Crippen LogP contribution in [-0.4, -0.2) is 30.1 Å². The van der Waals surface area contributed by atoms with Crippen molar-refractivity contribution in [3.8, 4) is 5.75 Å². The summed E-state index contributed by atoms with van der Waals surface area (Å²) < 4.78 is 7.62. The maximum absolute atomic E-state index is 12.3. The van der Waals surface area contributed by atoms with E-state index in [1.807, 2.05) is 18.2 Å². The average molecular weight is 510 g/mol. The van der Waals surface area contributed by atoms with Gasteiger partial charge >= 0.3 is 0 Å². The van der Waals surface area contributed by atoms with Gasteiger partial charge in [-0.15, -0.1) is 0 Å². The molecule has 27 heavy (non-hydrogen) atoms. The lowest BCUT2D eigenvalue weighted by atomic mass is 10.1. The second-order valence-electron chi connectivity index (χ2n) is 6.07. The molecule has 1 aliphatic rings. The van der Waals surface area contributed by atoms with E-state index in [-0.39, 0.29) is 5.91 Å². The number of carbonyl (C=O) groups is 1. The van der Waals surface area contributed by atoms with E-state index in [0.29, 0.717) is 16.7 Å². The van der Waals surface area contributed by atoms with Crippen molar-refractivity contribution in [2.75, 3.05) is 14.1 Å². The summed E-state index contributed by atoms with van der Waals surface area (Å²) in [5.74, 6) is 0.684. The first kappa shape index (κ1) is 20.2. The first-order chi connectivity index (χ1) is 12.9. The monoisotopic (exact) mass is 508 g/mol. The van der Waals surface area contributed by atoms with E-state index < -0.39 is 0 Å². The van der Waals surface area contributed by atoms with E-state index in [0.717, 1.165) is 25.8 Å². The third-order valence-electron chi connectivity index (χ3n) is 4.02. The Morgan fingerprint density at radius 3 is 2.37 bits per heavy atom. The third-order valence-corrected chi connectivity index (χ3v) is 6.35. The molecule has 0 atom stereocenters. The van der Waals surface area contributed by atoms with Crippen LogP contribution < -0.4 is 4.74 Å². The molecule has 1 heterocycles. The number of amidine groups is 1. The Morgan fingerprint density at radius 1 is 1.19 bits per heavy atom. The normalized spacial score (nSPS) is 17.2. The minimum absolute atomic E-state index is 0.0486. The molecule has 4 nitrogen and oxygen atoms in total. The molecule has 7 heteroatoms.